The van der Waals surface area contributed by atoms with Crippen LogP contribution in [0.1, 0.15) is 18.2 Å². The third-order valence-corrected chi connectivity index (χ3v) is 4.67. The Bertz CT molecular complexity index is 844. The predicted molar refractivity (Wildman–Crippen MR) is 83.6 cm³/mol. The van der Waals surface area contributed by atoms with Gasteiger partial charge in [-0.2, -0.15) is 4.68 Å². The molecule has 0 aliphatic carbocycles. The van der Waals surface area contributed by atoms with Crippen LogP contribution in [0, 0.1) is 0 Å². The van der Waals surface area contributed by atoms with Crippen molar-refractivity contribution < 1.29 is 4.74 Å². The molecule has 0 amide bonds. The molecule has 122 valence electrons. The number of piperidine rings is 1. The first-order valence-corrected chi connectivity index (χ1v) is 7.99. The molecule has 5 rings (SSSR count). The van der Waals surface area contributed by atoms with E-state index in [1.54, 1.807) is 10.9 Å². The minimum Gasteiger partial charge on any atom is -0.370 e. The molecule has 2 atom stereocenters. The molecule has 9 heteroatoms. The lowest BCUT2D eigenvalue weighted by Gasteiger charge is -2.40. The summed E-state index contributed by atoms with van der Waals surface area (Å²) in [5.74, 6) is 0.742. The van der Waals surface area contributed by atoms with Gasteiger partial charge < -0.3 is 9.64 Å². The van der Waals surface area contributed by atoms with Crippen molar-refractivity contribution in [1.82, 2.24) is 35.2 Å². The summed E-state index contributed by atoms with van der Waals surface area (Å²) in [6.07, 6.45) is 2.84. The Balaban J connectivity index is 1.47. The first kappa shape index (κ1) is 13.6. The standard InChI is InChI=1S/C15H16N8O/c1-2-4-11(5-3-1)23-15(17-18-20-23)21-7-6-14-13(9-21)22-12(10-24-14)8-16-19-22/h1-5,8,13-14H,6-7,9-10H2/t13-,14-/m1/s1. The third kappa shape index (κ3) is 2.08. The zero-order valence-corrected chi connectivity index (χ0v) is 12.9. The number of rotatable bonds is 2. The number of para-hydroxylation sites is 1. The summed E-state index contributed by atoms with van der Waals surface area (Å²) in [5.41, 5.74) is 1.96. The molecule has 0 saturated carbocycles. The lowest BCUT2D eigenvalue weighted by atomic mass is 10.0. The van der Waals surface area contributed by atoms with E-state index in [9.17, 15) is 0 Å². The number of hydrogen-bond acceptors (Lipinski definition) is 7. The van der Waals surface area contributed by atoms with E-state index < -0.39 is 0 Å². The molecule has 1 saturated heterocycles. The number of hydrogen-bond donors (Lipinski definition) is 0. The van der Waals surface area contributed by atoms with Gasteiger partial charge in [-0.15, -0.1) is 5.10 Å². The number of nitrogens with zero attached hydrogens (tertiary/aromatic N) is 8. The first-order chi connectivity index (χ1) is 11.9. The van der Waals surface area contributed by atoms with Gasteiger partial charge in [-0.25, -0.2) is 4.68 Å². The summed E-state index contributed by atoms with van der Waals surface area (Å²) in [6.45, 7) is 2.17. The van der Waals surface area contributed by atoms with E-state index in [0.717, 1.165) is 36.8 Å². The summed E-state index contributed by atoms with van der Waals surface area (Å²) in [7, 11) is 0. The highest BCUT2D eigenvalue weighted by molar-refractivity contribution is 5.41. The predicted octanol–water partition coefficient (Wildman–Crippen LogP) is 0.604. The van der Waals surface area contributed by atoms with Crippen molar-refractivity contribution >= 4 is 5.95 Å². The van der Waals surface area contributed by atoms with Crippen LogP contribution in [0.2, 0.25) is 0 Å². The van der Waals surface area contributed by atoms with Gasteiger partial charge in [-0.3, -0.25) is 0 Å². The lowest BCUT2D eigenvalue weighted by molar-refractivity contribution is -0.0374. The van der Waals surface area contributed by atoms with E-state index in [2.05, 4.69) is 30.7 Å². The van der Waals surface area contributed by atoms with Crippen molar-refractivity contribution in [3.05, 3.63) is 42.2 Å². The quantitative estimate of drug-likeness (QED) is 0.682. The maximum atomic E-state index is 5.96. The van der Waals surface area contributed by atoms with Crippen molar-refractivity contribution in [2.24, 2.45) is 0 Å². The van der Waals surface area contributed by atoms with Crippen LogP contribution in [0.5, 0.6) is 0 Å². The Hall–Kier alpha value is -2.81. The average molecular weight is 324 g/mol. The van der Waals surface area contributed by atoms with E-state index in [1.165, 1.54) is 0 Å². The van der Waals surface area contributed by atoms with Crippen molar-refractivity contribution in [3.63, 3.8) is 0 Å². The summed E-state index contributed by atoms with van der Waals surface area (Å²) in [4.78, 5) is 2.19. The Morgan fingerprint density at radius 2 is 2.04 bits per heavy atom. The van der Waals surface area contributed by atoms with Crippen molar-refractivity contribution in [3.8, 4) is 5.69 Å². The van der Waals surface area contributed by atoms with Crippen LogP contribution in [0.25, 0.3) is 5.69 Å². The van der Waals surface area contributed by atoms with Crippen LogP contribution in [0.15, 0.2) is 36.5 Å². The summed E-state index contributed by atoms with van der Waals surface area (Å²) < 4.78 is 9.71. The van der Waals surface area contributed by atoms with Crippen LogP contribution in [-0.2, 0) is 11.3 Å². The lowest BCUT2D eigenvalue weighted by Crippen LogP contribution is -2.48. The number of aromatic nitrogens is 7. The topological polar surface area (TPSA) is 86.8 Å². The smallest absolute Gasteiger partial charge is 0.250 e. The van der Waals surface area contributed by atoms with Crippen LogP contribution >= 0.6 is 0 Å². The fourth-order valence-corrected chi connectivity index (χ4v) is 3.48. The van der Waals surface area contributed by atoms with E-state index in [-0.39, 0.29) is 12.1 Å². The number of anilines is 1. The molecule has 24 heavy (non-hydrogen) atoms. The van der Waals surface area contributed by atoms with Gasteiger partial charge in [0.05, 0.1) is 36.3 Å². The fourth-order valence-electron chi connectivity index (χ4n) is 3.48. The van der Waals surface area contributed by atoms with Crippen molar-refractivity contribution in [2.45, 2.75) is 25.2 Å². The van der Waals surface area contributed by atoms with Gasteiger partial charge in [0.25, 0.3) is 0 Å². The second kappa shape index (κ2) is 5.38. The maximum absolute atomic E-state index is 5.96. The highest BCUT2D eigenvalue weighted by atomic mass is 16.5. The Morgan fingerprint density at radius 3 is 2.96 bits per heavy atom. The molecule has 2 aliphatic rings. The molecular formula is C15H16N8O. The molecule has 0 radical (unpaired) electrons. The van der Waals surface area contributed by atoms with E-state index >= 15 is 0 Å². The van der Waals surface area contributed by atoms with Gasteiger partial charge >= 0.3 is 0 Å². The molecule has 2 aromatic heterocycles. The molecule has 4 heterocycles. The second-order valence-electron chi connectivity index (χ2n) is 6.05. The molecule has 0 spiro atoms. The Kier molecular flexibility index (Phi) is 3.05. The minimum absolute atomic E-state index is 0.130. The van der Waals surface area contributed by atoms with Gasteiger partial charge in [-0.1, -0.05) is 28.5 Å². The third-order valence-electron chi connectivity index (χ3n) is 4.67. The molecule has 9 nitrogen and oxygen atoms in total. The molecule has 1 fully saturated rings. The van der Waals surface area contributed by atoms with Gasteiger partial charge in [0.2, 0.25) is 5.95 Å². The molecule has 2 aliphatic heterocycles. The number of tetrazole rings is 1. The summed E-state index contributed by atoms with van der Waals surface area (Å²) >= 11 is 0. The molecule has 1 aromatic carbocycles. The zero-order chi connectivity index (χ0) is 15.9. The Morgan fingerprint density at radius 1 is 1.12 bits per heavy atom. The van der Waals surface area contributed by atoms with Gasteiger partial charge in [0.1, 0.15) is 0 Å². The van der Waals surface area contributed by atoms with Crippen LogP contribution in [0.4, 0.5) is 5.95 Å². The normalized spacial score (nSPS) is 22.9. The highest BCUT2D eigenvalue weighted by Crippen LogP contribution is 2.31. The second-order valence-corrected chi connectivity index (χ2v) is 6.05. The fraction of sp³-hybridized carbons (Fsp3) is 0.400. The Labute approximate surface area is 137 Å². The van der Waals surface area contributed by atoms with Crippen molar-refractivity contribution in [2.75, 3.05) is 18.0 Å². The number of benzene rings is 1. The largest absolute Gasteiger partial charge is 0.370 e. The monoisotopic (exact) mass is 324 g/mol. The number of ether oxygens (including phenoxy) is 1. The number of fused-ring (bicyclic) bond motifs is 3. The average Bonchev–Trinajstić information content (AvgIpc) is 3.31. The molecule has 3 aromatic rings. The van der Waals surface area contributed by atoms with Crippen molar-refractivity contribution in [1.29, 1.82) is 0 Å². The van der Waals surface area contributed by atoms with Crippen LogP contribution < -0.4 is 4.90 Å². The van der Waals surface area contributed by atoms with Crippen LogP contribution in [-0.4, -0.2) is 54.4 Å². The van der Waals surface area contributed by atoms with E-state index in [1.807, 2.05) is 35.0 Å². The molecule has 0 N–H and O–H groups in total. The van der Waals surface area contributed by atoms with E-state index in [4.69, 9.17) is 4.74 Å². The first-order valence-electron chi connectivity index (χ1n) is 7.99. The summed E-state index contributed by atoms with van der Waals surface area (Å²) in [5, 5.41) is 20.5. The molecule has 0 bridgehead atoms. The van der Waals surface area contributed by atoms with Gasteiger partial charge in [-0.05, 0) is 29.0 Å². The maximum Gasteiger partial charge on any atom is 0.250 e. The highest BCUT2D eigenvalue weighted by Gasteiger charge is 2.37. The summed E-state index contributed by atoms with van der Waals surface area (Å²) in [6, 6.07) is 10.0. The molecular weight excluding hydrogens is 308 g/mol. The SMILES string of the molecule is c1ccc(-n2nnnc2N2CC[C@H]3OCc4cnnn4[C@@H]3C2)cc1. The van der Waals surface area contributed by atoms with E-state index in [0.29, 0.717) is 6.61 Å². The molecule has 0 unspecified atom stereocenters. The zero-order valence-electron chi connectivity index (χ0n) is 12.9. The van der Waals surface area contributed by atoms with Gasteiger partial charge in [0.15, 0.2) is 0 Å². The minimum atomic E-state index is 0.130. The van der Waals surface area contributed by atoms with Gasteiger partial charge in [0, 0.05) is 13.1 Å². The van der Waals surface area contributed by atoms with Crippen LogP contribution in [0.3, 0.4) is 0 Å².